The average molecular weight is 310 g/mol. The Labute approximate surface area is 135 Å². The lowest BCUT2D eigenvalue weighted by atomic mass is 10.0. The minimum Gasteiger partial charge on any atom is -0.349 e. The van der Waals surface area contributed by atoms with Crippen molar-refractivity contribution in [1.29, 1.82) is 5.26 Å². The van der Waals surface area contributed by atoms with E-state index in [9.17, 15) is 5.26 Å². The predicted octanol–water partition coefficient (Wildman–Crippen LogP) is 4.45. The topological polar surface area (TPSA) is 39.9 Å². The van der Waals surface area contributed by atoms with Gasteiger partial charge in [0.25, 0.3) is 0 Å². The van der Waals surface area contributed by atoms with Crippen molar-refractivity contribution in [2.45, 2.75) is 0 Å². The SMILES string of the molecule is C=CCN(CC=C)c1cc(-c2ccccc2)c(C#N)c(Cl)n1. The highest BCUT2D eigenvalue weighted by Gasteiger charge is 2.15. The van der Waals surface area contributed by atoms with E-state index in [0.29, 0.717) is 24.5 Å². The van der Waals surface area contributed by atoms with Gasteiger partial charge in [0.05, 0.1) is 5.56 Å². The molecular weight excluding hydrogens is 294 g/mol. The molecule has 22 heavy (non-hydrogen) atoms. The highest BCUT2D eigenvalue weighted by Crippen LogP contribution is 2.31. The van der Waals surface area contributed by atoms with E-state index < -0.39 is 0 Å². The Hall–Kier alpha value is -2.57. The van der Waals surface area contributed by atoms with Crippen LogP contribution in [0.15, 0.2) is 61.7 Å². The molecule has 1 aromatic carbocycles. The average Bonchev–Trinajstić information content (AvgIpc) is 2.54. The normalized spacial score (nSPS) is 9.82. The van der Waals surface area contributed by atoms with Crippen LogP contribution < -0.4 is 4.90 Å². The maximum absolute atomic E-state index is 9.38. The van der Waals surface area contributed by atoms with E-state index in [0.717, 1.165) is 11.1 Å². The number of benzene rings is 1. The van der Waals surface area contributed by atoms with Gasteiger partial charge in [-0.1, -0.05) is 54.1 Å². The van der Waals surface area contributed by atoms with Crippen LogP contribution in [0.2, 0.25) is 5.15 Å². The number of nitrogens with zero attached hydrogens (tertiary/aromatic N) is 3. The molecule has 4 heteroatoms. The fourth-order valence-electron chi connectivity index (χ4n) is 2.19. The largest absolute Gasteiger partial charge is 0.349 e. The molecule has 2 rings (SSSR count). The van der Waals surface area contributed by atoms with E-state index in [2.05, 4.69) is 24.2 Å². The number of rotatable bonds is 6. The van der Waals surface area contributed by atoms with Gasteiger partial charge in [-0.25, -0.2) is 4.98 Å². The van der Waals surface area contributed by atoms with Crippen molar-refractivity contribution in [3.8, 4) is 17.2 Å². The van der Waals surface area contributed by atoms with Crippen molar-refractivity contribution in [2.75, 3.05) is 18.0 Å². The van der Waals surface area contributed by atoms with Crippen molar-refractivity contribution in [3.63, 3.8) is 0 Å². The van der Waals surface area contributed by atoms with Crippen molar-refractivity contribution < 1.29 is 0 Å². The third-order valence-corrected chi connectivity index (χ3v) is 3.45. The van der Waals surface area contributed by atoms with Crippen LogP contribution in [-0.4, -0.2) is 18.1 Å². The maximum Gasteiger partial charge on any atom is 0.149 e. The Morgan fingerprint density at radius 3 is 2.36 bits per heavy atom. The predicted molar refractivity (Wildman–Crippen MR) is 92.0 cm³/mol. The zero-order valence-electron chi connectivity index (χ0n) is 12.2. The Balaban J connectivity index is 2.59. The third kappa shape index (κ3) is 3.36. The molecule has 0 fully saturated rings. The van der Waals surface area contributed by atoms with Gasteiger partial charge in [-0.2, -0.15) is 5.26 Å². The molecule has 0 aliphatic carbocycles. The van der Waals surface area contributed by atoms with Crippen molar-refractivity contribution in [1.82, 2.24) is 4.98 Å². The molecule has 1 heterocycles. The van der Waals surface area contributed by atoms with Gasteiger partial charge in [0.15, 0.2) is 0 Å². The third-order valence-electron chi connectivity index (χ3n) is 3.18. The summed E-state index contributed by atoms with van der Waals surface area (Å²) in [5.41, 5.74) is 2.09. The summed E-state index contributed by atoms with van der Waals surface area (Å²) in [6.07, 6.45) is 3.58. The molecular formula is C18H16ClN3. The van der Waals surface area contributed by atoms with Gasteiger partial charge in [0.1, 0.15) is 17.0 Å². The van der Waals surface area contributed by atoms with Crippen LogP contribution in [0, 0.1) is 11.3 Å². The molecule has 0 radical (unpaired) electrons. The summed E-state index contributed by atoms with van der Waals surface area (Å²) in [5, 5.41) is 9.58. The fourth-order valence-corrected chi connectivity index (χ4v) is 2.42. The molecule has 0 spiro atoms. The Morgan fingerprint density at radius 2 is 1.82 bits per heavy atom. The molecule has 0 N–H and O–H groups in total. The van der Waals surface area contributed by atoms with Crippen LogP contribution >= 0.6 is 11.6 Å². The van der Waals surface area contributed by atoms with Crippen molar-refractivity contribution in [2.24, 2.45) is 0 Å². The van der Waals surface area contributed by atoms with Crippen molar-refractivity contribution in [3.05, 3.63) is 72.4 Å². The van der Waals surface area contributed by atoms with Gasteiger partial charge in [-0.3, -0.25) is 0 Å². The van der Waals surface area contributed by atoms with Gasteiger partial charge < -0.3 is 4.90 Å². The molecule has 0 saturated carbocycles. The van der Waals surface area contributed by atoms with Crippen LogP contribution in [0.1, 0.15) is 5.56 Å². The molecule has 0 atom stereocenters. The number of hydrogen-bond donors (Lipinski definition) is 0. The number of anilines is 1. The van der Waals surface area contributed by atoms with Gasteiger partial charge in [0.2, 0.25) is 0 Å². The number of hydrogen-bond acceptors (Lipinski definition) is 3. The first-order valence-electron chi connectivity index (χ1n) is 6.84. The maximum atomic E-state index is 9.38. The number of pyridine rings is 1. The van der Waals surface area contributed by atoms with E-state index in [1.807, 2.05) is 41.3 Å². The summed E-state index contributed by atoms with van der Waals surface area (Å²) in [5.74, 6) is 0.697. The molecule has 0 aliphatic heterocycles. The lowest BCUT2D eigenvalue weighted by molar-refractivity contribution is 0.926. The highest BCUT2D eigenvalue weighted by atomic mass is 35.5. The zero-order chi connectivity index (χ0) is 15.9. The summed E-state index contributed by atoms with van der Waals surface area (Å²) < 4.78 is 0. The summed E-state index contributed by atoms with van der Waals surface area (Å²) in [6.45, 7) is 8.75. The molecule has 0 unspecified atom stereocenters. The Kier molecular flexibility index (Phi) is 5.35. The Bertz CT molecular complexity index is 707. The van der Waals surface area contributed by atoms with Crippen molar-refractivity contribution >= 4 is 17.4 Å². The second kappa shape index (κ2) is 7.44. The standard InChI is InChI=1S/C18H16ClN3/c1-3-10-22(11-4-2)17-12-15(14-8-6-5-7-9-14)16(13-20)18(19)21-17/h3-9,12H,1-2,10-11H2. The smallest absolute Gasteiger partial charge is 0.149 e. The molecule has 110 valence electrons. The molecule has 3 nitrogen and oxygen atoms in total. The first kappa shape index (κ1) is 15.8. The second-order valence-electron chi connectivity index (χ2n) is 4.65. The lowest BCUT2D eigenvalue weighted by Gasteiger charge is -2.22. The van der Waals surface area contributed by atoms with E-state index in [1.54, 1.807) is 12.2 Å². The molecule has 2 aromatic rings. The van der Waals surface area contributed by atoms with Crippen LogP contribution in [0.4, 0.5) is 5.82 Å². The van der Waals surface area contributed by atoms with Crippen LogP contribution in [-0.2, 0) is 0 Å². The minimum absolute atomic E-state index is 0.206. The summed E-state index contributed by atoms with van der Waals surface area (Å²) >= 11 is 6.22. The molecule has 0 saturated heterocycles. The quantitative estimate of drug-likeness (QED) is 0.584. The van der Waals surface area contributed by atoms with Gasteiger partial charge in [0, 0.05) is 18.7 Å². The molecule has 0 amide bonds. The van der Waals surface area contributed by atoms with Gasteiger partial charge in [-0.15, -0.1) is 13.2 Å². The first-order chi connectivity index (χ1) is 10.7. The minimum atomic E-state index is 0.206. The number of halogens is 1. The van der Waals surface area contributed by atoms with E-state index in [1.165, 1.54) is 0 Å². The summed E-state index contributed by atoms with van der Waals surface area (Å²) in [6, 6.07) is 13.7. The molecule has 0 bridgehead atoms. The second-order valence-corrected chi connectivity index (χ2v) is 5.01. The number of nitriles is 1. The van der Waals surface area contributed by atoms with E-state index >= 15 is 0 Å². The van der Waals surface area contributed by atoms with Crippen LogP contribution in [0.25, 0.3) is 11.1 Å². The zero-order valence-corrected chi connectivity index (χ0v) is 12.9. The number of aromatic nitrogens is 1. The van der Waals surface area contributed by atoms with Crippen LogP contribution in [0.3, 0.4) is 0 Å². The van der Waals surface area contributed by atoms with Crippen LogP contribution in [0.5, 0.6) is 0 Å². The molecule has 0 aliphatic rings. The monoisotopic (exact) mass is 309 g/mol. The Morgan fingerprint density at radius 1 is 1.18 bits per heavy atom. The first-order valence-corrected chi connectivity index (χ1v) is 7.21. The van der Waals surface area contributed by atoms with Gasteiger partial charge in [-0.05, 0) is 11.6 Å². The fraction of sp³-hybridized carbons (Fsp3) is 0.111. The molecule has 1 aromatic heterocycles. The van der Waals surface area contributed by atoms with E-state index in [4.69, 9.17) is 11.6 Å². The highest BCUT2D eigenvalue weighted by molar-refractivity contribution is 6.31. The summed E-state index contributed by atoms with van der Waals surface area (Å²) in [7, 11) is 0. The van der Waals surface area contributed by atoms with E-state index in [-0.39, 0.29) is 5.15 Å². The lowest BCUT2D eigenvalue weighted by Crippen LogP contribution is -2.24. The van der Waals surface area contributed by atoms with Gasteiger partial charge >= 0.3 is 0 Å². The summed E-state index contributed by atoms with van der Waals surface area (Å²) in [4.78, 5) is 6.33.